The monoisotopic (exact) mass is 284 g/mol. The van der Waals surface area contributed by atoms with Gasteiger partial charge in [-0.05, 0) is 30.7 Å². The Morgan fingerprint density at radius 2 is 2.33 bits per heavy atom. The van der Waals surface area contributed by atoms with E-state index in [1.807, 2.05) is 23.6 Å². The van der Waals surface area contributed by atoms with Crippen LogP contribution in [-0.2, 0) is 16.6 Å². The third kappa shape index (κ3) is 2.74. The molecule has 1 aromatic rings. The van der Waals surface area contributed by atoms with E-state index in [0.717, 1.165) is 17.7 Å². The van der Waals surface area contributed by atoms with Crippen molar-refractivity contribution in [3.63, 3.8) is 0 Å². The van der Waals surface area contributed by atoms with Crippen LogP contribution < -0.4 is 0 Å². The van der Waals surface area contributed by atoms with Gasteiger partial charge in [0.15, 0.2) is 5.25 Å². The Hall–Kier alpha value is -0.900. The minimum atomic E-state index is -3.50. The molecular weight excluding hydrogens is 268 g/mol. The number of thiophene rings is 1. The van der Waals surface area contributed by atoms with E-state index in [1.54, 1.807) is 18.3 Å². The smallest absolute Gasteiger partial charge is 0.211 e. The first-order chi connectivity index (χ1) is 8.59. The minimum absolute atomic E-state index is 0.0968. The van der Waals surface area contributed by atoms with E-state index in [2.05, 4.69) is 0 Å². The molecular formula is C12H16N2O2S2. The number of hydrogen-bond donors (Lipinski definition) is 0. The van der Waals surface area contributed by atoms with E-state index in [9.17, 15) is 8.42 Å². The SMILES string of the molecule is CCC(C#N)S(=O)(=O)N(Cc1cccs1)C1CC1. The molecule has 0 N–H and O–H groups in total. The third-order valence-corrected chi connectivity index (χ3v) is 6.15. The van der Waals surface area contributed by atoms with Gasteiger partial charge in [-0.25, -0.2) is 8.42 Å². The van der Waals surface area contributed by atoms with Gasteiger partial charge in [0.25, 0.3) is 0 Å². The molecule has 1 aromatic heterocycles. The molecule has 1 aliphatic rings. The highest BCUT2D eigenvalue weighted by Crippen LogP contribution is 2.33. The van der Waals surface area contributed by atoms with Crippen molar-refractivity contribution in [2.45, 2.75) is 44.0 Å². The summed E-state index contributed by atoms with van der Waals surface area (Å²) < 4.78 is 26.3. The highest BCUT2D eigenvalue weighted by Gasteiger charge is 2.40. The van der Waals surface area contributed by atoms with Gasteiger partial charge in [0.1, 0.15) is 0 Å². The predicted octanol–water partition coefficient (Wildman–Crippen LogP) is 2.34. The number of rotatable bonds is 6. The maximum Gasteiger partial charge on any atom is 0.231 e. The highest BCUT2D eigenvalue weighted by atomic mass is 32.2. The van der Waals surface area contributed by atoms with Gasteiger partial charge in [0.2, 0.25) is 10.0 Å². The Balaban J connectivity index is 2.22. The second-order valence-corrected chi connectivity index (χ2v) is 7.53. The van der Waals surface area contributed by atoms with Gasteiger partial charge >= 0.3 is 0 Å². The Bertz CT molecular complexity index is 527. The predicted molar refractivity (Wildman–Crippen MR) is 71.5 cm³/mol. The fourth-order valence-corrected chi connectivity index (χ4v) is 4.49. The van der Waals surface area contributed by atoms with Crippen LogP contribution >= 0.6 is 11.3 Å². The average Bonchev–Trinajstić information content (AvgIpc) is 3.04. The zero-order valence-corrected chi connectivity index (χ0v) is 11.9. The lowest BCUT2D eigenvalue weighted by atomic mass is 10.4. The zero-order chi connectivity index (χ0) is 13.2. The molecule has 0 bridgehead atoms. The molecule has 6 heteroatoms. The minimum Gasteiger partial charge on any atom is -0.211 e. The van der Waals surface area contributed by atoms with Gasteiger partial charge in [0, 0.05) is 17.5 Å². The third-order valence-electron chi connectivity index (χ3n) is 3.05. The van der Waals surface area contributed by atoms with Gasteiger partial charge < -0.3 is 0 Å². The van der Waals surface area contributed by atoms with Crippen LogP contribution in [0.4, 0.5) is 0 Å². The molecule has 1 atom stereocenters. The largest absolute Gasteiger partial charge is 0.231 e. The quantitative estimate of drug-likeness (QED) is 0.805. The Morgan fingerprint density at radius 1 is 1.61 bits per heavy atom. The van der Waals surface area contributed by atoms with E-state index in [1.165, 1.54) is 4.31 Å². The summed E-state index contributed by atoms with van der Waals surface area (Å²) in [6.45, 7) is 2.14. The first-order valence-corrected chi connectivity index (χ1v) is 8.40. The highest BCUT2D eigenvalue weighted by molar-refractivity contribution is 7.90. The van der Waals surface area contributed by atoms with Gasteiger partial charge in [-0.2, -0.15) is 9.57 Å². The number of sulfonamides is 1. The van der Waals surface area contributed by atoms with Crippen LogP contribution in [0.2, 0.25) is 0 Å². The fraction of sp³-hybridized carbons (Fsp3) is 0.583. The maximum atomic E-state index is 12.4. The van der Waals surface area contributed by atoms with Crippen molar-refractivity contribution in [1.82, 2.24) is 4.31 Å². The number of nitrogens with zero attached hydrogens (tertiary/aromatic N) is 2. The lowest BCUT2D eigenvalue weighted by Gasteiger charge is -2.23. The van der Waals surface area contributed by atoms with Crippen LogP contribution in [0.15, 0.2) is 17.5 Å². The average molecular weight is 284 g/mol. The summed E-state index contributed by atoms with van der Waals surface area (Å²) >= 11 is 1.55. The van der Waals surface area contributed by atoms with E-state index in [0.29, 0.717) is 13.0 Å². The molecule has 0 saturated heterocycles. The van der Waals surface area contributed by atoms with E-state index in [-0.39, 0.29) is 6.04 Å². The second kappa shape index (κ2) is 5.39. The zero-order valence-electron chi connectivity index (χ0n) is 10.2. The molecule has 1 saturated carbocycles. The van der Waals surface area contributed by atoms with Crippen molar-refractivity contribution in [1.29, 1.82) is 5.26 Å². The summed E-state index contributed by atoms with van der Waals surface area (Å²) in [6, 6.07) is 5.85. The summed E-state index contributed by atoms with van der Waals surface area (Å²) in [5.41, 5.74) is 0. The molecule has 0 radical (unpaired) electrons. The van der Waals surface area contributed by atoms with Crippen LogP contribution in [0.25, 0.3) is 0 Å². The van der Waals surface area contributed by atoms with Crippen molar-refractivity contribution in [3.05, 3.63) is 22.4 Å². The topological polar surface area (TPSA) is 61.2 Å². The van der Waals surface area contributed by atoms with Crippen LogP contribution in [0.1, 0.15) is 31.1 Å². The normalized spacial score (nSPS) is 17.6. The van der Waals surface area contributed by atoms with Crippen LogP contribution in [0.5, 0.6) is 0 Å². The van der Waals surface area contributed by atoms with Gasteiger partial charge in [-0.3, -0.25) is 0 Å². The standard InChI is InChI=1S/C12H16N2O2S2/c1-2-12(8-13)18(15,16)14(10-5-6-10)9-11-4-3-7-17-11/h3-4,7,10,12H,2,5-6,9H2,1H3. The first-order valence-electron chi connectivity index (χ1n) is 6.02. The molecule has 98 valence electrons. The van der Waals surface area contributed by atoms with Gasteiger partial charge in [-0.15, -0.1) is 11.3 Å². The molecule has 0 aromatic carbocycles. The van der Waals surface area contributed by atoms with E-state index >= 15 is 0 Å². The molecule has 0 amide bonds. The van der Waals surface area contributed by atoms with Crippen molar-refractivity contribution >= 4 is 21.4 Å². The van der Waals surface area contributed by atoms with E-state index < -0.39 is 15.3 Å². The maximum absolute atomic E-state index is 12.4. The number of nitriles is 1. The molecule has 2 rings (SSSR count). The summed E-state index contributed by atoms with van der Waals surface area (Å²) in [5, 5.41) is 10.0. The molecule has 1 aliphatic carbocycles. The summed E-state index contributed by atoms with van der Waals surface area (Å²) in [4.78, 5) is 1.03. The van der Waals surface area contributed by atoms with Crippen LogP contribution in [0.3, 0.4) is 0 Å². The summed E-state index contributed by atoms with van der Waals surface area (Å²) in [7, 11) is -3.50. The summed E-state index contributed by atoms with van der Waals surface area (Å²) in [6.07, 6.45) is 2.16. The molecule has 1 heterocycles. The molecule has 18 heavy (non-hydrogen) atoms. The summed E-state index contributed by atoms with van der Waals surface area (Å²) in [5.74, 6) is 0. The molecule has 0 spiro atoms. The first kappa shape index (κ1) is 13.5. The molecule has 4 nitrogen and oxygen atoms in total. The van der Waals surface area contributed by atoms with Crippen LogP contribution in [0, 0.1) is 11.3 Å². The Kier molecular flexibility index (Phi) is 4.05. The molecule has 1 unspecified atom stereocenters. The lowest BCUT2D eigenvalue weighted by molar-refractivity contribution is 0.397. The van der Waals surface area contributed by atoms with Gasteiger partial charge in [0.05, 0.1) is 6.07 Å². The van der Waals surface area contributed by atoms with Crippen LogP contribution in [-0.4, -0.2) is 24.0 Å². The van der Waals surface area contributed by atoms with Crippen molar-refractivity contribution in [3.8, 4) is 6.07 Å². The molecule has 0 aliphatic heterocycles. The van der Waals surface area contributed by atoms with Crippen molar-refractivity contribution in [2.75, 3.05) is 0 Å². The Labute approximate surface area is 112 Å². The van der Waals surface area contributed by atoms with E-state index in [4.69, 9.17) is 5.26 Å². The molecule has 1 fully saturated rings. The van der Waals surface area contributed by atoms with Crippen molar-refractivity contribution < 1.29 is 8.42 Å². The van der Waals surface area contributed by atoms with Gasteiger partial charge in [-0.1, -0.05) is 13.0 Å². The number of hydrogen-bond acceptors (Lipinski definition) is 4. The van der Waals surface area contributed by atoms with Crippen molar-refractivity contribution in [2.24, 2.45) is 0 Å². The Morgan fingerprint density at radius 3 is 2.78 bits per heavy atom. The second-order valence-electron chi connectivity index (χ2n) is 4.43. The fourth-order valence-electron chi connectivity index (χ4n) is 1.88. The lowest BCUT2D eigenvalue weighted by Crippen LogP contribution is -2.38.